The second-order valence-electron chi connectivity index (χ2n) is 5.90. The molecule has 0 heterocycles. The number of hydrogen-bond donors (Lipinski definition) is 2. The van der Waals surface area contributed by atoms with Gasteiger partial charge in [-0.25, -0.2) is 0 Å². The van der Waals surface area contributed by atoms with E-state index < -0.39 is 5.97 Å². The van der Waals surface area contributed by atoms with Crippen molar-refractivity contribution in [1.29, 1.82) is 0 Å². The molecular weight excluding hydrogens is 264 g/mol. The van der Waals surface area contributed by atoms with Crippen molar-refractivity contribution in [3.63, 3.8) is 0 Å². The van der Waals surface area contributed by atoms with E-state index in [9.17, 15) is 4.79 Å². The van der Waals surface area contributed by atoms with Crippen LogP contribution in [0.4, 0.5) is 0 Å². The zero-order chi connectivity index (χ0) is 15.6. The number of aliphatic hydroxyl groups excluding tert-OH is 1. The lowest BCUT2D eigenvalue weighted by atomic mass is 10.0. The lowest BCUT2D eigenvalue weighted by Gasteiger charge is -2.03. The first-order valence-electron chi connectivity index (χ1n) is 8.79. The first-order valence-corrected chi connectivity index (χ1v) is 8.79. The molecule has 0 rings (SSSR count). The molecule has 0 unspecified atom stereocenters. The molecule has 0 aromatic carbocycles. The van der Waals surface area contributed by atoms with E-state index in [-0.39, 0.29) is 0 Å². The molecule has 0 saturated carbocycles. The Morgan fingerprint density at radius 3 is 1.29 bits per heavy atom. The second kappa shape index (κ2) is 17.5. The molecule has 0 saturated heterocycles. The van der Waals surface area contributed by atoms with Crippen molar-refractivity contribution >= 4 is 5.97 Å². The monoisotopic (exact) mass is 298 g/mol. The standard InChI is InChI=1S/C18H34O3/c19-17-15-13-11-9-7-5-3-1-2-4-6-8-10-12-14-16-18(20)21/h16-17,19H,1-15H2,(H,20,21). The van der Waals surface area contributed by atoms with Gasteiger partial charge in [-0.1, -0.05) is 83.5 Å². The summed E-state index contributed by atoms with van der Waals surface area (Å²) in [4.78, 5) is 10.3. The van der Waals surface area contributed by atoms with Crippen LogP contribution in [0.2, 0.25) is 0 Å². The van der Waals surface area contributed by atoms with E-state index in [4.69, 9.17) is 10.2 Å². The van der Waals surface area contributed by atoms with Gasteiger partial charge in [-0.05, 0) is 12.8 Å². The molecule has 21 heavy (non-hydrogen) atoms. The molecule has 0 amide bonds. The maximum absolute atomic E-state index is 10.3. The van der Waals surface area contributed by atoms with Crippen molar-refractivity contribution < 1.29 is 15.0 Å². The molecule has 2 radical (unpaired) electrons. The van der Waals surface area contributed by atoms with E-state index in [0.29, 0.717) is 6.42 Å². The van der Waals surface area contributed by atoms with Crippen LogP contribution in [-0.4, -0.2) is 16.2 Å². The molecule has 0 spiro atoms. The minimum absolute atomic E-state index is 0.714. The van der Waals surface area contributed by atoms with Gasteiger partial charge in [0.2, 0.25) is 0 Å². The average Bonchev–Trinajstić information content (AvgIpc) is 2.46. The number of rotatable bonds is 17. The first kappa shape index (κ1) is 20.4. The Bertz CT molecular complexity index is 217. The normalized spacial score (nSPS) is 10.9. The number of aliphatic hydroxyl groups is 1. The summed E-state index contributed by atoms with van der Waals surface area (Å²) in [6.07, 6.45) is 19.4. The summed E-state index contributed by atoms with van der Waals surface area (Å²) in [6.45, 7) is 1.27. The minimum atomic E-state index is -0.790. The summed E-state index contributed by atoms with van der Waals surface area (Å²) in [5, 5.41) is 17.0. The van der Waals surface area contributed by atoms with Crippen LogP contribution in [0.1, 0.15) is 96.3 Å². The Kier molecular flexibility index (Phi) is 17.0. The Morgan fingerprint density at radius 2 is 0.952 bits per heavy atom. The van der Waals surface area contributed by atoms with Crippen LogP contribution in [0.25, 0.3) is 0 Å². The predicted octanol–water partition coefficient (Wildman–Crippen LogP) is 5.66. The average molecular weight is 298 g/mol. The van der Waals surface area contributed by atoms with Gasteiger partial charge in [-0.3, -0.25) is 4.79 Å². The van der Waals surface area contributed by atoms with Crippen molar-refractivity contribution in [2.24, 2.45) is 0 Å². The highest BCUT2D eigenvalue weighted by molar-refractivity contribution is 5.76. The molecule has 0 atom stereocenters. The second-order valence-corrected chi connectivity index (χ2v) is 5.90. The van der Waals surface area contributed by atoms with Crippen molar-refractivity contribution in [2.75, 3.05) is 0 Å². The molecule has 0 bridgehead atoms. The summed E-state index contributed by atoms with van der Waals surface area (Å²) in [5.74, 6) is -0.790. The third kappa shape index (κ3) is 19.4. The highest BCUT2D eigenvalue weighted by Gasteiger charge is 1.97. The fourth-order valence-corrected chi connectivity index (χ4v) is 2.55. The number of aliphatic carboxylic acids is 1. The molecular formula is C18H34O3. The summed E-state index contributed by atoms with van der Waals surface area (Å²) in [7, 11) is 0. The maximum Gasteiger partial charge on any atom is 0.307 e. The Morgan fingerprint density at radius 1 is 0.619 bits per heavy atom. The maximum atomic E-state index is 10.3. The lowest BCUT2D eigenvalue weighted by Crippen LogP contribution is -1.94. The van der Waals surface area contributed by atoms with Gasteiger partial charge in [-0.2, -0.15) is 0 Å². The summed E-state index contributed by atoms with van der Waals surface area (Å²) >= 11 is 0. The van der Waals surface area contributed by atoms with Gasteiger partial charge in [0.05, 0.1) is 13.0 Å². The molecule has 0 fully saturated rings. The zero-order valence-corrected chi connectivity index (χ0v) is 13.6. The quantitative estimate of drug-likeness (QED) is 0.341. The molecule has 3 nitrogen and oxygen atoms in total. The minimum Gasteiger partial charge on any atom is -0.481 e. The molecule has 0 aliphatic heterocycles. The SMILES string of the molecule is O=C(O)[CH]CCCCCCCCCCCCCCC[CH]O. The summed E-state index contributed by atoms with van der Waals surface area (Å²) < 4.78 is 0. The largest absolute Gasteiger partial charge is 0.481 e. The zero-order valence-electron chi connectivity index (χ0n) is 13.6. The van der Waals surface area contributed by atoms with Gasteiger partial charge in [0, 0.05) is 0 Å². The Labute approximate surface area is 131 Å². The lowest BCUT2D eigenvalue weighted by molar-refractivity contribution is -0.133. The highest BCUT2D eigenvalue weighted by Crippen LogP contribution is 2.13. The van der Waals surface area contributed by atoms with Gasteiger partial charge in [0.25, 0.3) is 0 Å². The molecule has 2 N–H and O–H groups in total. The van der Waals surface area contributed by atoms with Crippen LogP contribution in [0, 0.1) is 13.0 Å². The molecule has 0 aliphatic rings. The van der Waals surface area contributed by atoms with E-state index in [0.717, 1.165) is 25.7 Å². The van der Waals surface area contributed by atoms with Gasteiger partial charge in [0.15, 0.2) is 0 Å². The van der Waals surface area contributed by atoms with E-state index in [2.05, 4.69) is 0 Å². The Hall–Kier alpha value is -0.570. The fourth-order valence-electron chi connectivity index (χ4n) is 2.55. The van der Waals surface area contributed by atoms with Gasteiger partial charge in [0.1, 0.15) is 0 Å². The molecule has 0 aromatic heterocycles. The first-order chi connectivity index (χ1) is 10.3. The van der Waals surface area contributed by atoms with Crippen LogP contribution in [0.15, 0.2) is 0 Å². The van der Waals surface area contributed by atoms with Crippen molar-refractivity contribution in [3.05, 3.63) is 13.0 Å². The van der Waals surface area contributed by atoms with Crippen LogP contribution in [0.3, 0.4) is 0 Å². The molecule has 124 valence electrons. The predicted molar refractivity (Wildman–Crippen MR) is 87.4 cm³/mol. The molecule has 0 aliphatic carbocycles. The van der Waals surface area contributed by atoms with Gasteiger partial charge in [-0.15, -0.1) is 0 Å². The van der Waals surface area contributed by atoms with Crippen molar-refractivity contribution in [1.82, 2.24) is 0 Å². The fraction of sp³-hybridized carbons (Fsp3) is 0.833. The van der Waals surface area contributed by atoms with Crippen LogP contribution >= 0.6 is 0 Å². The topological polar surface area (TPSA) is 57.5 Å². The number of carboxylic acids is 1. The number of carbonyl (C=O) groups is 1. The van der Waals surface area contributed by atoms with Gasteiger partial charge < -0.3 is 10.2 Å². The van der Waals surface area contributed by atoms with Crippen LogP contribution in [-0.2, 0) is 4.79 Å². The smallest absolute Gasteiger partial charge is 0.307 e. The summed E-state index contributed by atoms with van der Waals surface area (Å²) in [5.41, 5.74) is 0. The third-order valence-electron chi connectivity index (χ3n) is 3.86. The van der Waals surface area contributed by atoms with E-state index in [1.807, 2.05) is 0 Å². The molecule has 0 aromatic rings. The van der Waals surface area contributed by atoms with Crippen molar-refractivity contribution in [3.8, 4) is 0 Å². The highest BCUT2D eigenvalue weighted by atomic mass is 16.4. The van der Waals surface area contributed by atoms with E-state index >= 15 is 0 Å². The number of unbranched alkanes of at least 4 members (excludes halogenated alkanes) is 14. The molecule has 3 heteroatoms. The van der Waals surface area contributed by atoms with Crippen molar-refractivity contribution in [2.45, 2.75) is 96.3 Å². The Balaban J connectivity index is 2.95. The number of hydrogen-bond acceptors (Lipinski definition) is 2. The van der Waals surface area contributed by atoms with Crippen LogP contribution in [0.5, 0.6) is 0 Å². The summed E-state index contributed by atoms with van der Waals surface area (Å²) in [6, 6.07) is 0. The van der Waals surface area contributed by atoms with E-state index in [1.54, 1.807) is 0 Å². The number of carboxylic acid groups (broad SMARTS) is 1. The van der Waals surface area contributed by atoms with E-state index in [1.165, 1.54) is 77.2 Å². The third-order valence-corrected chi connectivity index (χ3v) is 3.86. The van der Waals surface area contributed by atoms with Gasteiger partial charge >= 0.3 is 5.97 Å². The van der Waals surface area contributed by atoms with Crippen LogP contribution < -0.4 is 0 Å².